The standard InChI is InChI=1S/C11H15BrN4O/c1-7(2)16-9(8(12)6-14-16)10(17)11-13-4-5-15(11)3/h4-7,10,17H,1-3H3. The Hall–Kier alpha value is -1.14. The van der Waals surface area contributed by atoms with Crippen LogP contribution in [0.15, 0.2) is 23.1 Å². The highest BCUT2D eigenvalue weighted by molar-refractivity contribution is 9.10. The topological polar surface area (TPSA) is 55.9 Å². The lowest BCUT2D eigenvalue weighted by atomic mass is 10.2. The minimum Gasteiger partial charge on any atom is -0.379 e. The lowest BCUT2D eigenvalue weighted by molar-refractivity contribution is 0.191. The second kappa shape index (κ2) is 4.62. The van der Waals surface area contributed by atoms with E-state index in [9.17, 15) is 5.11 Å². The summed E-state index contributed by atoms with van der Waals surface area (Å²) in [6.07, 6.45) is 4.39. The third-order valence-corrected chi connectivity index (χ3v) is 3.25. The first kappa shape index (κ1) is 12.3. The van der Waals surface area contributed by atoms with Gasteiger partial charge in [0.25, 0.3) is 0 Å². The minimum absolute atomic E-state index is 0.186. The Balaban J connectivity index is 2.47. The predicted octanol–water partition coefficient (Wildman–Crippen LogP) is 2.04. The zero-order chi connectivity index (χ0) is 12.6. The summed E-state index contributed by atoms with van der Waals surface area (Å²) < 4.78 is 4.39. The van der Waals surface area contributed by atoms with Gasteiger partial charge in [0.15, 0.2) is 6.10 Å². The van der Waals surface area contributed by atoms with E-state index >= 15 is 0 Å². The molecule has 0 bridgehead atoms. The molecule has 2 rings (SSSR count). The van der Waals surface area contributed by atoms with E-state index in [0.717, 1.165) is 10.2 Å². The van der Waals surface area contributed by atoms with Crippen molar-refractivity contribution in [3.63, 3.8) is 0 Å². The van der Waals surface area contributed by atoms with Crippen LogP contribution in [0.25, 0.3) is 0 Å². The molecule has 0 saturated heterocycles. The maximum Gasteiger partial charge on any atom is 0.154 e. The fourth-order valence-corrected chi connectivity index (χ4v) is 2.27. The molecule has 0 saturated carbocycles. The summed E-state index contributed by atoms with van der Waals surface area (Å²) in [5.74, 6) is 0.605. The third-order valence-electron chi connectivity index (χ3n) is 2.64. The summed E-state index contributed by atoms with van der Waals surface area (Å²) in [5, 5.41) is 14.6. The summed E-state index contributed by atoms with van der Waals surface area (Å²) in [4.78, 5) is 4.16. The van der Waals surface area contributed by atoms with Gasteiger partial charge in [0, 0.05) is 25.5 Å². The summed E-state index contributed by atoms with van der Waals surface area (Å²) in [7, 11) is 1.86. The second-order valence-electron chi connectivity index (χ2n) is 4.21. The lowest BCUT2D eigenvalue weighted by Gasteiger charge is -2.16. The highest BCUT2D eigenvalue weighted by atomic mass is 79.9. The van der Waals surface area contributed by atoms with Crippen LogP contribution in [0.1, 0.15) is 37.5 Å². The number of hydrogen-bond acceptors (Lipinski definition) is 3. The van der Waals surface area contributed by atoms with Crippen molar-refractivity contribution in [3.05, 3.63) is 34.6 Å². The maximum atomic E-state index is 10.4. The van der Waals surface area contributed by atoms with Crippen LogP contribution < -0.4 is 0 Å². The van der Waals surface area contributed by atoms with Crippen molar-refractivity contribution < 1.29 is 5.11 Å². The Labute approximate surface area is 108 Å². The van der Waals surface area contributed by atoms with Gasteiger partial charge in [0.1, 0.15) is 5.82 Å². The molecule has 2 aromatic rings. The number of imidazole rings is 1. The molecule has 92 valence electrons. The smallest absolute Gasteiger partial charge is 0.154 e. The molecule has 17 heavy (non-hydrogen) atoms. The molecule has 0 aliphatic rings. The van der Waals surface area contributed by atoms with Gasteiger partial charge < -0.3 is 9.67 Å². The minimum atomic E-state index is -0.783. The average Bonchev–Trinajstić information content (AvgIpc) is 2.83. The van der Waals surface area contributed by atoms with Gasteiger partial charge in [-0.1, -0.05) is 0 Å². The fraction of sp³-hybridized carbons (Fsp3) is 0.455. The third kappa shape index (κ3) is 2.14. The van der Waals surface area contributed by atoms with Crippen LogP contribution in [0.5, 0.6) is 0 Å². The normalized spacial score (nSPS) is 13.3. The van der Waals surface area contributed by atoms with Crippen molar-refractivity contribution in [1.29, 1.82) is 0 Å². The highest BCUT2D eigenvalue weighted by Crippen LogP contribution is 2.29. The van der Waals surface area contributed by atoms with E-state index in [2.05, 4.69) is 26.0 Å². The van der Waals surface area contributed by atoms with E-state index in [-0.39, 0.29) is 6.04 Å². The predicted molar refractivity (Wildman–Crippen MR) is 67.6 cm³/mol. The second-order valence-corrected chi connectivity index (χ2v) is 5.07. The summed E-state index contributed by atoms with van der Waals surface area (Å²) >= 11 is 3.42. The highest BCUT2D eigenvalue weighted by Gasteiger charge is 2.23. The molecule has 0 radical (unpaired) electrons. The number of aliphatic hydroxyl groups is 1. The largest absolute Gasteiger partial charge is 0.379 e. The molecular formula is C11H15BrN4O. The number of nitrogens with zero attached hydrogens (tertiary/aromatic N) is 4. The summed E-state index contributed by atoms with van der Waals surface area (Å²) in [6, 6.07) is 0.186. The number of aliphatic hydroxyl groups excluding tert-OH is 1. The van der Waals surface area contributed by atoms with E-state index in [1.54, 1.807) is 21.6 Å². The molecule has 1 N–H and O–H groups in total. The van der Waals surface area contributed by atoms with Crippen LogP contribution in [0.4, 0.5) is 0 Å². The van der Waals surface area contributed by atoms with Crippen molar-refractivity contribution in [3.8, 4) is 0 Å². The number of halogens is 1. The zero-order valence-corrected chi connectivity index (χ0v) is 11.6. The first-order valence-corrected chi connectivity index (χ1v) is 6.20. The number of aryl methyl sites for hydroxylation is 1. The first-order chi connectivity index (χ1) is 8.02. The van der Waals surface area contributed by atoms with Crippen molar-refractivity contribution >= 4 is 15.9 Å². The molecule has 2 aromatic heterocycles. The maximum absolute atomic E-state index is 10.4. The Bertz CT molecular complexity index is 517. The van der Waals surface area contributed by atoms with E-state index in [0.29, 0.717) is 5.82 Å². The number of aromatic nitrogens is 4. The SMILES string of the molecule is CC(C)n1ncc(Br)c1C(O)c1nccn1C. The molecule has 0 amide bonds. The molecule has 6 heteroatoms. The molecule has 1 unspecified atom stereocenters. The number of rotatable bonds is 3. The molecule has 0 aliphatic carbocycles. The number of hydrogen-bond donors (Lipinski definition) is 1. The fourth-order valence-electron chi connectivity index (χ4n) is 1.78. The van der Waals surface area contributed by atoms with Gasteiger partial charge in [-0.25, -0.2) is 4.98 Å². The van der Waals surface area contributed by atoms with Crippen molar-refractivity contribution in [1.82, 2.24) is 19.3 Å². The molecule has 2 heterocycles. The van der Waals surface area contributed by atoms with Crippen molar-refractivity contribution in [2.75, 3.05) is 0 Å². The van der Waals surface area contributed by atoms with Crippen molar-refractivity contribution in [2.45, 2.75) is 26.0 Å². The van der Waals surface area contributed by atoms with Gasteiger partial charge in [0.2, 0.25) is 0 Å². The summed E-state index contributed by atoms with van der Waals surface area (Å²) in [6.45, 7) is 4.04. The van der Waals surface area contributed by atoms with Crippen LogP contribution in [0.3, 0.4) is 0 Å². The Kier molecular flexibility index (Phi) is 3.35. The zero-order valence-electron chi connectivity index (χ0n) is 10.0. The molecule has 0 aromatic carbocycles. The lowest BCUT2D eigenvalue weighted by Crippen LogP contribution is -2.15. The molecule has 0 aliphatic heterocycles. The van der Waals surface area contributed by atoms with E-state index in [1.165, 1.54) is 0 Å². The molecule has 5 nitrogen and oxygen atoms in total. The van der Waals surface area contributed by atoms with Crippen LogP contribution >= 0.6 is 15.9 Å². The van der Waals surface area contributed by atoms with Crippen LogP contribution in [-0.2, 0) is 7.05 Å². The van der Waals surface area contributed by atoms with Gasteiger partial charge in [-0.3, -0.25) is 4.68 Å². The molecule has 1 atom stereocenters. The molecule has 0 spiro atoms. The van der Waals surface area contributed by atoms with Gasteiger partial charge in [-0.15, -0.1) is 0 Å². The van der Waals surface area contributed by atoms with Crippen LogP contribution in [0.2, 0.25) is 0 Å². The van der Waals surface area contributed by atoms with E-state index in [1.807, 2.05) is 27.1 Å². The van der Waals surface area contributed by atoms with E-state index in [4.69, 9.17) is 0 Å². The van der Waals surface area contributed by atoms with Gasteiger partial charge >= 0.3 is 0 Å². The Morgan fingerprint density at radius 3 is 2.65 bits per heavy atom. The van der Waals surface area contributed by atoms with Gasteiger partial charge in [0.05, 0.1) is 16.4 Å². The van der Waals surface area contributed by atoms with Gasteiger partial charge in [-0.2, -0.15) is 5.10 Å². The average molecular weight is 299 g/mol. The Morgan fingerprint density at radius 2 is 2.12 bits per heavy atom. The van der Waals surface area contributed by atoms with Crippen molar-refractivity contribution in [2.24, 2.45) is 7.05 Å². The monoisotopic (exact) mass is 298 g/mol. The Morgan fingerprint density at radius 1 is 1.41 bits per heavy atom. The molecule has 0 fully saturated rings. The summed E-state index contributed by atoms with van der Waals surface area (Å²) in [5.41, 5.74) is 0.731. The molecular weight excluding hydrogens is 284 g/mol. The van der Waals surface area contributed by atoms with Crippen LogP contribution in [-0.4, -0.2) is 24.4 Å². The first-order valence-electron chi connectivity index (χ1n) is 5.40. The van der Waals surface area contributed by atoms with Crippen LogP contribution in [0, 0.1) is 0 Å². The van der Waals surface area contributed by atoms with E-state index < -0.39 is 6.10 Å². The quantitative estimate of drug-likeness (QED) is 0.943. The van der Waals surface area contributed by atoms with Gasteiger partial charge in [-0.05, 0) is 29.8 Å².